The first-order valence-electron chi connectivity index (χ1n) is 8.40. The van der Waals surface area contributed by atoms with Crippen LogP contribution in [0.3, 0.4) is 0 Å². The number of carbonyl (C=O) groups is 1. The molecular formula is C19H23ClFN3O2. The summed E-state index contributed by atoms with van der Waals surface area (Å²) in [4.78, 5) is 10.4. The number of carbonyl (C=O) groups excluding carboxylic acids is 1. The number of amides is 1. The summed E-state index contributed by atoms with van der Waals surface area (Å²) in [5.41, 5.74) is 6.70. The van der Waals surface area contributed by atoms with Gasteiger partial charge in [0.15, 0.2) is 11.6 Å². The molecule has 2 rings (SSSR count). The molecule has 0 radical (unpaired) electrons. The van der Waals surface area contributed by atoms with Crippen molar-refractivity contribution < 1.29 is 13.9 Å². The summed E-state index contributed by atoms with van der Waals surface area (Å²) in [6.45, 7) is 4.31. The minimum atomic E-state index is -0.510. The lowest BCUT2D eigenvalue weighted by Crippen LogP contribution is -2.38. The molecule has 0 aliphatic carbocycles. The molecule has 5 nitrogen and oxygen atoms in total. The zero-order chi connectivity index (χ0) is 19.1. The Balaban J connectivity index is 2.25. The predicted octanol–water partition coefficient (Wildman–Crippen LogP) is 4.03. The van der Waals surface area contributed by atoms with Gasteiger partial charge in [-0.2, -0.15) is 0 Å². The molecule has 0 saturated heterocycles. The van der Waals surface area contributed by atoms with E-state index in [2.05, 4.69) is 10.6 Å². The van der Waals surface area contributed by atoms with Crippen LogP contribution < -0.4 is 21.1 Å². The standard InChI is InChI=1S/C19H23ClFN3O2/c1-3-17(24-12(2)10-23-11-25)15-8-9-16(20)19(18(15)21)26-14-6-4-13(22)5-7-14/h4-9,11-12,17,24H,3,10,22H2,1-2H3,(H,23,25)/t12-,17-/m1/s1. The number of nitrogen functional groups attached to an aromatic ring is 1. The van der Waals surface area contributed by atoms with Crippen molar-refractivity contribution in [2.24, 2.45) is 0 Å². The molecule has 0 saturated carbocycles. The van der Waals surface area contributed by atoms with Crippen molar-refractivity contribution in [2.75, 3.05) is 12.3 Å². The van der Waals surface area contributed by atoms with Crippen LogP contribution in [0, 0.1) is 5.82 Å². The minimum absolute atomic E-state index is 0.0205. The van der Waals surface area contributed by atoms with E-state index in [0.29, 0.717) is 36.4 Å². The highest BCUT2D eigenvalue weighted by Crippen LogP contribution is 2.36. The second-order valence-electron chi connectivity index (χ2n) is 6.01. The molecule has 1 amide bonds. The van der Waals surface area contributed by atoms with E-state index in [-0.39, 0.29) is 22.9 Å². The molecule has 7 heteroatoms. The van der Waals surface area contributed by atoms with Crippen LogP contribution in [0.5, 0.6) is 11.5 Å². The van der Waals surface area contributed by atoms with Crippen LogP contribution in [0.25, 0.3) is 0 Å². The first-order chi connectivity index (χ1) is 12.5. The maximum Gasteiger partial charge on any atom is 0.207 e. The van der Waals surface area contributed by atoms with Crippen LogP contribution in [0.15, 0.2) is 36.4 Å². The van der Waals surface area contributed by atoms with Gasteiger partial charge in [-0.3, -0.25) is 4.79 Å². The summed E-state index contributed by atoms with van der Waals surface area (Å²) in [7, 11) is 0. The first-order valence-corrected chi connectivity index (χ1v) is 8.78. The van der Waals surface area contributed by atoms with Crippen LogP contribution in [0.4, 0.5) is 10.1 Å². The molecule has 2 aromatic carbocycles. The van der Waals surface area contributed by atoms with Gasteiger partial charge in [0, 0.05) is 29.9 Å². The van der Waals surface area contributed by atoms with Crippen LogP contribution in [0.1, 0.15) is 31.9 Å². The lowest BCUT2D eigenvalue weighted by atomic mass is 10.0. The SMILES string of the molecule is CC[C@@H](N[C@H](C)CNC=O)c1ccc(Cl)c(Oc2ccc(N)cc2)c1F. The van der Waals surface area contributed by atoms with Gasteiger partial charge in [0.2, 0.25) is 6.41 Å². The maximum absolute atomic E-state index is 15.1. The molecule has 0 aromatic heterocycles. The number of hydrogen-bond acceptors (Lipinski definition) is 4. The maximum atomic E-state index is 15.1. The van der Waals surface area contributed by atoms with Crippen molar-refractivity contribution in [1.29, 1.82) is 0 Å². The van der Waals surface area contributed by atoms with Gasteiger partial charge in [-0.1, -0.05) is 24.6 Å². The third kappa shape index (κ3) is 5.09. The molecule has 0 aliphatic heterocycles. The lowest BCUT2D eigenvalue weighted by molar-refractivity contribution is -0.109. The fraction of sp³-hybridized carbons (Fsp3) is 0.316. The van der Waals surface area contributed by atoms with Gasteiger partial charge in [0.05, 0.1) is 5.02 Å². The van der Waals surface area contributed by atoms with E-state index >= 15 is 4.39 Å². The molecule has 140 valence electrons. The lowest BCUT2D eigenvalue weighted by Gasteiger charge is -2.24. The fourth-order valence-electron chi connectivity index (χ4n) is 2.62. The Hall–Kier alpha value is -2.31. The molecule has 0 spiro atoms. The number of nitrogens with one attached hydrogen (secondary N) is 2. The molecule has 2 aromatic rings. The number of ether oxygens (including phenoxy) is 1. The van der Waals surface area contributed by atoms with Crippen molar-refractivity contribution >= 4 is 23.7 Å². The smallest absolute Gasteiger partial charge is 0.207 e. The first kappa shape index (κ1) is 20.0. The summed E-state index contributed by atoms with van der Waals surface area (Å²) in [6, 6.07) is 9.64. The number of halogens is 2. The average Bonchev–Trinajstić information content (AvgIpc) is 2.63. The minimum Gasteiger partial charge on any atom is -0.453 e. The van der Waals surface area contributed by atoms with Crippen molar-refractivity contribution in [2.45, 2.75) is 32.4 Å². The van der Waals surface area contributed by atoms with Crippen molar-refractivity contribution in [3.63, 3.8) is 0 Å². The van der Waals surface area contributed by atoms with Gasteiger partial charge in [-0.25, -0.2) is 4.39 Å². The zero-order valence-electron chi connectivity index (χ0n) is 14.8. The van der Waals surface area contributed by atoms with Crippen molar-refractivity contribution in [1.82, 2.24) is 10.6 Å². The highest BCUT2D eigenvalue weighted by atomic mass is 35.5. The third-order valence-corrected chi connectivity index (χ3v) is 4.25. The normalized spacial score (nSPS) is 13.1. The fourth-order valence-corrected chi connectivity index (χ4v) is 2.80. The Labute approximate surface area is 157 Å². The van der Waals surface area contributed by atoms with Crippen molar-refractivity contribution in [3.05, 3.63) is 52.8 Å². The van der Waals surface area contributed by atoms with E-state index in [9.17, 15) is 4.79 Å². The number of rotatable bonds is 9. The summed E-state index contributed by atoms with van der Waals surface area (Å²) in [5.74, 6) is -0.0845. The number of anilines is 1. The highest BCUT2D eigenvalue weighted by molar-refractivity contribution is 6.32. The Kier molecular flexibility index (Phi) is 7.24. The summed E-state index contributed by atoms with van der Waals surface area (Å²) >= 11 is 6.15. The number of hydrogen-bond donors (Lipinski definition) is 3. The van der Waals surface area contributed by atoms with Gasteiger partial charge >= 0.3 is 0 Å². The topological polar surface area (TPSA) is 76.4 Å². The third-order valence-electron chi connectivity index (χ3n) is 3.96. The molecule has 0 aliphatic rings. The molecule has 0 heterocycles. The van der Waals surface area contributed by atoms with Crippen molar-refractivity contribution in [3.8, 4) is 11.5 Å². The Morgan fingerprint density at radius 3 is 2.58 bits per heavy atom. The number of nitrogens with two attached hydrogens (primary N) is 1. The van der Waals surface area contributed by atoms with E-state index in [1.165, 1.54) is 0 Å². The average molecular weight is 380 g/mol. The van der Waals surface area contributed by atoms with Crippen LogP contribution in [-0.2, 0) is 4.79 Å². The largest absolute Gasteiger partial charge is 0.453 e. The molecule has 0 bridgehead atoms. The van der Waals surface area contributed by atoms with Gasteiger partial charge < -0.3 is 21.1 Å². The molecule has 0 unspecified atom stereocenters. The molecule has 4 N–H and O–H groups in total. The predicted molar refractivity (Wildman–Crippen MR) is 102 cm³/mol. The van der Waals surface area contributed by atoms with Gasteiger partial charge in [0.1, 0.15) is 5.75 Å². The quantitative estimate of drug-likeness (QED) is 0.454. The highest BCUT2D eigenvalue weighted by Gasteiger charge is 2.21. The van der Waals surface area contributed by atoms with Crippen LogP contribution in [-0.4, -0.2) is 19.0 Å². The molecule has 0 fully saturated rings. The summed E-state index contributed by atoms with van der Waals surface area (Å²) < 4.78 is 20.7. The van der Waals surface area contributed by atoms with Gasteiger partial charge in [-0.15, -0.1) is 0 Å². The van der Waals surface area contributed by atoms with E-state index in [4.69, 9.17) is 22.1 Å². The van der Waals surface area contributed by atoms with E-state index < -0.39 is 5.82 Å². The summed E-state index contributed by atoms with van der Waals surface area (Å²) in [5, 5.41) is 6.10. The van der Waals surface area contributed by atoms with E-state index in [0.717, 1.165) is 0 Å². The molecular weight excluding hydrogens is 357 g/mol. The van der Waals surface area contributed by atoms with Gasteiger partial charge in [-0.05, 0) is 43.7 Å². The summed E-state index contributed by atoms with van der Waals surface area (Å²) in [6.07, 6.45) is 1.30. The Morgan fingerprint density at radius 2 is 1.96 bits per heavy atom. The zero-order valence-corrected chi connectivity index (χ0v) is 15.5. The Morgan fingerprint density at radius 1 is 1.27 bits per heavy atom. The Bertz CT molecular complexity index is 740. The van der Waals surface area contributed by atoms with Gasteiger partial charge in [0.25, 0.3) is 0 Å². The van der Waals surface area contributed by atoms with E-state index in [1.54, 1.807) is 36.4 Å². The second kappa shape index (κ2) is 9.40. The van der Waals surface area contributed by atoms with E-state index in [1.807, 2.05) is 13.8 Å². The molecule has 2 atom stereocenters. The monoisotopic (exact) mass is 379 g/mol. The number of benzene rings is 2. The second-order valence-corrected chi connectivity index (χ2v) is 6.41. The molecule has 26 heavy (non-hydrogen) atoms. The van der Waals surface area contributed by atoms with Crippen LogP contribution in [0.2, 0.25) is 5.02 Å². The van der Waals surface area contributed by atoms with Crippen LogP contribution >= 0.6 is 11.6 Å².